The zero-order valence-corrected chi connectivity index (χ0v) is 9.79. The van der Waals surface area contributed by atoms with Crippen LogP contribution in [0.15, 0.2) is 0 Å². The van der Waals surface area contributed by atoms with Gasteiger partial charge >= 0.3 is 0 Å². The van der Waals surface area contributed by atoms with Gasteiger partial charge in [0.05, 0.1) is 6.61 Å². The number of ether oxygens (including phenoxy) is 1. The van der Waals surface area contributed by atoms with Crippen molar-refractivity contribution in [1.29, 1.82) is 0 Å². The summed E-state index contributed by atoms with van der Waals surface area (Å²) in [5, 5.41) is 0. The van der Waals surface area contributed by atoms with Crippen molar-refractivity contribution in [2.75, 3.05) is 26.3 Å². The Bertz CT molecular complexity index is 170. The smallest absolute Gasteiger partial charge is 0.0622 e. The lowest BCUT2D eigenvalue weighted by molar-refractivity contribution is 0.118. The van der Waals surface area contributed by atoms with Gasteiger partial charge in [0.2, 0.25) is 0 Å². The molecule has 2 rings (SSSR count). The molecule has 3 heteroatoms. The summed E-state index contributed by atoms with van der Waals surface area (Å²) in [5.41, 5.74) is 0. The van der Waals surface area contributed by atoms with Crippen LogP contribution >= 0.6 is 15.9 Å². The summed E-state index contributed by atoms with van der Waals surface area (Å²) in [6.07, 6.45) is 2.56. The average Bonchev–Trinajstić information content (AvgIpc) is 2.62. The molecule has 0 aromatic rings. The van der Waals surface area contributed by atoms with Gasteiger partial charge in [0.25, 0.3) is 0 Å². The topological polar surface area (TPSA) is 12.5 Å². The molecule has 0 radical (unpaired) electrons. The molecule has 3 atom stereocenters. The minimum absolute atomic E-state index is 0.682. The van der Waals surface area contributed by atoms with Crippen molar-refractivity contribution in [2.24, 2.45) is 5.92 Å². The molecule has 2 saturated heterocycles. The van der Waals surface area contributed by atoms with Crippen LogP contribution in [0.3, 0.4) is 0 Å². The van der Waals surface area contributed by atoms with Crippen molar-refractivity contribution in [2.45, 2.75) is 30.6 Å². The minimum atomic E-state index is 0.682. The minimum Gasteiger partial charge on any atom is -0.380 e. The molecule has 2 aliphatic heterocycles. The molecular weight excluding hydrogens is 230 g/mol. The first-order chi connectivity index (χ1) is 6.27. The third kappa shape index (κ3) is 2.25. The Morgan fingerprint density at radius 2 is 2.23 bits per heavy atom. The van der Waals surface area contributed by atoms with E-state index in [0.717, 1.165) is 19.1 Å². The molecule has 2 nitrogen and oxygen atoms in total. The lowest BCUT2D eigenvalue weighted by atomic mass is 9.97. The van der Waals surface area contributed by atoms with E-state index in [2.05, 4.69) is 27.8 Å². The summed E-state index contributed by atoms with van der Waals surface area (Å²) < 4.78 is 5.42. The maximum absolute atomic E-state index is 5.42. The molecule has 0 bridgehead atoms. The average molecular weight is 248 g/mol. The van der Waals surface area contributed by atoms with E-state index in [0.29, 0.717) is 10.9 Å². The Morgan fingerprint density at radius 3 is 2.85 bits per heavy atom. The predicted octanol–water partition coefficient (Wildman–Crippen LogP) is 1.88. The van der Waals surface area contributed by atoms with Gasteiger partial charge in [0.1, 0.15) is 0 Å². The molecule has 0 amide bonds. The van der Waals surface area contributed by atoms with Gasteiger partial charge in [0, 0.05) is 24.0 Å². The third-order valence-electron chi connectivity index (χ3n) is 3.32. The normalized spacial score (nSPS) is 42.5. The first-order valence-electron chi connectivity index (χ1n) is 5.23. The molecule has 0 spiro atoms. The summed E-state index contributed by atoms with van der Waals surface area (Å²) in [7, 11) is 0. The lowest BCUT2D eigenvalue weighted by Gasteiger charge is -2.37. The standard InChI is InChI=1S/C10H18BrNO/c1-8-2-4-12(6-10(8)11)9-3-5-13-7-9/h8-10H,2-7H2,1H3. The molecule has 2 heterocycles. The molecule has 0 aliphatic carbocycles. The highest BCUT2D eigenvalue weighted by molar-refractivity contribution is 9.09. The second-order valence-corrected chi connectivity index (χ2v) is 5.47. The maximum Gasteiger partial charge on any atom is 0.0622 e. The summed E-state index contributed by atoms with van der Waals surface area (Å²) >= 11 is 3.76. The van der Waals surface area contributed by atoms with E-state index in [1.807, 2.05) is 0 Å². The second-order valence-electron chi connectivity index (χ2n) is 4.29. The molecule has 76 valence electrons. The van der Waals surface area contributed by atoms with Gasteiger partial charge in [-0.25, -0.2) is 0 Å². The van der Waals surface area contributed by atoms with Crippen LogP contribution in [0.4, 0.5) is 0 Å². The molecular formula is C10H18BrNO. The second kappa shape index (κ2) is 4.28. The Balaban J connectivity index is 1.87. The molecule has 0 aromatic carbocycles. The van der Waals surface area contributed by atoms with Gasteiger partial charge in [-0.2, -0.15) is 0 Å². The van der Waals surface area contributed by atoms with Crippen molar-refractivity contribution in [3.63, 3.8) is 0 Å². The van der Waals surface area contributed by atoms with Crippen molar-refractivity contribution >= 4 is 15.9 Å². The summed E-state index contributed by atoms with van der Waals surface area (Å²) in [5.74, 6) is 0.832. The van der Waals surface area contributed by atoms with Crippen LogP contribution in [0, 0.1) is 5.92 Å². The molecule has 2 aliphatic rings. The van der Waals surface area contributed by atoms with Crippen molar-refractivity contribution in [3.8, 4) is 0 Å². The molecule has 13 heavy (non-hydrogen) atoms. The zero-order valence-electron chi connectivity index (χ0n) is 8.21. The maximum atomic E-state index is 5.42. The van der Waals surface area contributed by atoms with Crippen LogP contribution in [-0.4, -0.2) is 42.1 Å². The number of rotatable bonds is 1. The lowest BCUT2D eigenvalue weighted by Crippen LogP contribution is -2.46. The van der Waals surface area contributed by atoms with Gasteiger partial charge in [-0.05, 0) is 25.3 Å². The number of halogens is 1. The molecule has 3 unspecified atom stereocenters. The number of likely N-dealkylation sites (tertiary alicyclic amines) is 1. The Hall–Kier alpha value is 0.400. The Kier molecular flexibility index (Phi) is 3.27. The third-order valence-corrected chi connectivity index (χ3v) is 4.51. The van der Waals surface area contributed by atoms with Crippen molar-refractivity contribution in [1.82, 2.24) is 4.90 Å². The van der Waals surface area contributed by atoms with Gasteiger partial charge in [-0.15, -0.1) is 0 Å². The molecule has 0 saturated carbocycles. The highest BCUT2D eigenvalue weighted by Crippen LogP contribution is 2.26. The van der Waals surface area contributed by atoms with E-state index in [9.17, 15) is 0 Å². The first-order valence-corrected chi connectivity index (χ1v) is 6.15. The fourth-order valence-corrected chi connectivity index (χ4v) is 2.82. The first kappa shape index (κ1) is 9.94. The molecule has 0 N–H and O–H groups in total. The van der Waals surface area contributed by atoms with E-state index < -0.39 is 0 Å². The van der Waals surface area contributed by atoms with E-state index in [1.165, 1.54) is 25.9 Å². The fraction of sp³-hybridized carbons (Fsp3) is 1.00. The van der Waals surface area contributed by atoms with Gasteiger partial charge in [0.15, 0.2) is 0 Å². The van der Waals surface area contributed by atoms with Crippen LogP contribution in [0.1, 0.15) is 19.8 Å². The van der Waals surface area contributed by atoms with Crippen LogP contribution in [0.25, 0.3) is 0 Å². The van der Waals surface area contributed by atoms with E-state index in [1.54, 1.807) is 0 Å². The van der Waals surface area contributed by atoms with E-state index in [-0.39, 0.29) is 0 Å². The number of piperidine rings is 1. The summed E-state index contributed by atoms with van der Waals surface area (Å²) in [4.78, 5) is 3.27. The van der Waals surface area contributed by atoms with Crippen LogP contribution in [0.2, 0.25) is 0 Å². The van der Waals surface area contributed by atoms with E-state index >= 15 is 0 Å². The summed E-state index contributed by atoms with van der Waals surface area (Å²) in [6.45, 7) is 6.71. The molecule has 2 fully saturated rings. The SMILES string of the molecule is CC1CCN(C2CCOC2)CC1Br. The number of nitrogens with zero attached hydrogens (tertiary/aromatic N) is 1. The van der Waals surface area contributed by atoms with Crippen LogP contribution in [0.5, 0.6) is 0 Å². The highest BCUT2D eigenvalue weighted by atomic mass is 79.9. The zero-order chi connectivity index (χ0) is 9.26. The Morgan fingerprint density at radius 1 is 1.38 bits per heavy atom. The number of alkyl halides is 1. The van der Waals surface area contributed by atoms with Crippen LogP contribution < -0.4 is 0 Å². The number of hydrogen-bond acceptors (Lipinski definition) is 2. The predicted molar refractivity (Wildman–Crippen MR) is 57.3 cm³/mol. The highest BCUT2D eigenvalue weighted by Gasteiger charge is 2.30. The largest absolute Gasteiger partial charge is 0.380 e. The van der Waals surface area contributed by atoms with Crippen molar-refractivity contribution < 1.29 is 4.74 Å². The quantitative estimate of drug-likeness (QED) is 0.657. The van der Waals surface area contributed by atoms with Gasteiger partial charge in [-0.1, -0.05) is 22.9 Å². The monoisotopic (exact) mass is 247 g/mol. The number of hydrogen-bond donors (Lipinski definition) is 0. The Labute approximate surface area is 88.8 Å². The summed E-state index contributed by atoms with van der Waals surface area (Å²) in [6, 6.07) is 0.701. The van der Waals surface area contributed by atoms with Crippen molar-refractivity contribution in [3.05, 3.63) is 0 Å². The van der Waals surface area contributed by atoms with E-state index in [4.69, 9.17) is 4.74 Å². The van der Waals surface area contributed by atoms with Gasteiger partial charge in [-0.3, -0.25) is 4.90 Å². The fourth-order valence-electron chi connectivity index (χ4n) is 2.19. The molecule has 0 aromatic heterocycles. The van der Waals surface area contributed by atoms with Gasteiger partial charge < -0.3 is 4.74 Å². The van der Waals surface area contributed by atoms with Crippen LogP contribution in [-0.2, 0) is 4.74 Å².